The summed E-state index contributed by atoms with van der Waals surface area (Å²) in [6.07, 6.45) is 1.50. The average Bonchev–Trinajstić information content (AvgIpc) is 2.79. The Morgan fingerprint density at radius 1 is 1.35 bits per heavy atom. The highest BCUT2D eigenvalue weighted by atomic mass is 16.2. The number of carbonyl (C=O) groups is 1. The molecule has 0 atom stereocenters. The summed E-state index contributed by atoms with van der Waals surface area (Å²) in [5.41, 5.74) is 5.21. The van der Waals surface area contributed by atoms with Crippen molar-refractivity contribution in [2.45, 2.75) is 6.54 Å². The van der Waals surface area contributed by atoms with Crippen LogP contribution in [0.2, 0.25) is 0 Å². The molecule has 0 saturated carbocycles. The number of hydrogen-bond acceptors (Lipinski definition) is 5. The zero-order valence-corrected chi connectivity index (χ0v) is 9.00. The Kier molecular flexibility index (Phi) is 3.43. The first-order valence-corrected chi connectivity index (χ1v) is 4.99. The molecule has 2 aromatic rings. The number of nitrogens with two attached hydrogens (primary N) is 1. The van der Waals surface area contributed by atoms with Crippen LogP contribution in [0.15, 0.2) is 36.7 Å². The van der Waals surface area contributed by atoms with Gasteiger partial charge in [0.1, 0.15) is 12.9 Å². The highest BCUT2D eigenvalue weighted by molar-refractivity contribution is 5.75. The molecular formula is C10H12N6O. The quantitative estimate of drug-likeness (QED) is 0.485. The molecule has 1 aromatic carbocycles. The predicted molar refractivity (Wildman–Crippen MR) is 60.9 cm³/mol. The molecule has 17 heavy (non-hydrogen) atoms. The van der Waals surface area contributed by atoms with E-state index in [2.05, 4.69) is 21.0 Å². The van der Waals surface area contributed by atoms with Crippen molar-refractivity contribution in [2.75, 3.05) is 0 Å². The molecule has 0 fully saturated rings. The van der Waals surface area contributed by atoms with Crippen molar-refractivity contribution in [3.63, 3.8) is 0 Å². The summed E-state index contributed by atoms with van der Waals surface area (Å²) < 4.78 is 1.44. The second kappa shape index (κ2) is 5.19. The van der Waals surface area contributed by atoms with Gasteiger partial charge in [0.05, 0.1) is 0 Å². The van der Waals surface area contributed by atoms with E-state index in [-0.39, 0.29) is 12.5 Å². The van der Waals surface area contributed by atoms with Crippen LogP contribution >= 0.6 is 0 Å². The molecule has 4 N–H and O–H groups in total. The van der Waals surface area contributed by atoms with Crippen LogP contribution in [0.1, 0.15) is 0 Å². The monoisotopic (exact) mass is 232 g/mol. The van der Waals surface area contributed by atoms with Crippen molar-refractivity contribution < 1.29 is 4.79 Å². The van der Waals surface area contributed by atoms with Gasteiger partial charge in [-0.15, -0.1) is 0 Å². The van der Waals surface area contributed by atoms with Crippen LogP contribution in [0.3, 0.4) is 0 Å². The fourth-order valence-electron chi connectivity index (χ4n) is 1.36. The summed E-state index contributed by atoms with van der Waals surface area (Å²) >= 11 is 0. The van der Waals surface area contributed by atoms with E-state index in [9.17, 15) is 4.79 Å². The van der Waals surface area contributed by atoms with Gasteiger partial charge in [0.15, 0.2) is 5.82 Å². The first-order valence-electron chi connectivity index (χ1n) is 4.99. The standard InChI is InChI=1S/C10H12N6O/c11-15-13-9(17)6-16-7-12-10(14-16)8-4-2-1-3-5-8/h1-5,7,15H,6,11H2,(H,13,17). The van der Waals surface area contributed by atoms with Crippen molar-refractivity contribution in [3.05, 3.63) is 36.7 Å². The van der Waals surface area contributed by atoms with Gasteiger partial charge in [-0.25, -0.2) is 9.67 Å². The Morgan fingerprint density at radius 2 is 2.12 bits per heavy atom. The van der Waals surface area contributed by atoms with E-state index in [1.165, 1.54) is 11.0 Å². The highest BCUT2D eigenvalue weighted by Gasteiger charge is 2.06. The molecule has 0 aliphatic heterocycles. The van der Waals surface area contributed by atoms with Crippen LogP contribution in [0.25, 0.3) is 11.4 Å². The van der Waals surface area contributed by atoms with Crippen LogP contribution in [-0.2, 0) is 11.3 Å². The minimum Gasteiger partial charge on any atom is -0.277 e. The largest absolute Gasteiger partial charge is 0.277 e. The van der Waals surface area contributed by atoms with Crippen LogP contribution in [0.5, 0.6) is 0 Å². The van der Waals surface area contributed by atoms with Gasteiger partial charge in [0.2, 0.25) is 0 Å². The lowest BCUT2D eigenvalue weighted by atomic mass is 10.2. The maximum atomic E-state index is 11.2. The molecule has 0 unspecified atom stereocenters. The van der Waals surface area contributed by atoms with Crippen LogP contribution in [0, 0.1) is 0 Å². The van der Waals surface area contributed by atoms with Crippen molar-refractivity contribution in [2.24, 2.45) is 5.84 Å². The van der Waals surface area contributed by atoms with Gasteiger partial charge in [-0.05, 0) is 0 Å². The molecule has 0 spiro atoms. The lowest BCUT2D eigenvalue weighted by Crippen LogP contribution is -2.43. The molecule has 0 saturated heterocycles. The van der Waals surface area contributed by atoms with E-state index in [1.54, 1.807) is 0 Å². The zero-order chi connectivity index (χ0) is 12.1. The van der Waals surface area contributed by atoms with Crippen molar-refractivity contribution >= 4 is 5.91 Å². The second-order valence-electron chi connectivity index (χ2n) is 3.32. The van der Waals surface area contributed by atoms with Gasteiger partial charge >= 0.3 is 0 Å². The first kappa shape index (κ1) is 11.2. The number of rotatable bonds is 4. The molecule has 7 nitrogen and oxygen atoms in total. The molecule has 0 aliphatic carbocycles. The lowest BCUT2D eigenvalue weighted by molar-refractivity contribution is -0.122. The molecule has 2 rings (SSSR count). The summed E-state index contributed by atoms with van der Waals surface area (Å²) in [5.74, 6) is 5.24. The highest BCUT2D eigenvalue weighted by Crippen LogP contribution is 2.12. The molecule has 0 aliphatic rings. The van der Waals surface area contributed by atoms with Gasteiger partial charge in [-0.1, -0.05) is 30.3 Å². The fourth-order valence-corrected chi connectivity index (χ4v) is 1.36. The van der Waals surface area contributed by atoms with Crippen molar-refractivity contribution in [3.8, 4) is 11.4 Å². The Bertz CT molecular complexity index is 495. The van der Waals surface area contributed by atoms with E-state index in [0.717, 1.165) is 5.56 Å². The molecule has 1 amide bonds. The first-order chi connectivity index (χ1) is 8.29. The Morgan fingerprint density at radius 3 is 2.82 bits per heavy atom. The minimum absolute atomic E-state index is 0.0596. The van der Waals surface area contributed by atoms with Gasteiger partial charge in [0, 0.05) is 5.56 Å². The molecule has 1 heterocycles. The summed E-state index contributed by atoms with van der Waals surface area (Å²) in [5, 5.41) is 4.18. The van der Waals surface area contributed by atoms with Gasteiger partial charge < -0.3 is 0 Å². The third-order valence-corrected chi connectivity index (χ3v) is 2.09. The van der Waals surface area contributed by atoms with Gasteiger partial charge in [-0.2, -0.15) is 10.6 Å². The molecule has 88 valence electrons. The number of benzene rings is 1. The molecule has 1 aromatic heterocycles. The SMILES string of the molecule is NNNC(=O)Cn1cnc(-c2ccccc2)n1. The minimum atomic E-state index is -0.294. The maximum Gasteiger partial charge on any atom is 0.256 e. The zero-order valence-electron chi connectivity index (χ0n) is 9.00. The van der Waals surface area contributed by atoms with Crippen LogP contribution in [-0.4, -0.2) is 20.7 Å². The number of hydrogen-bond donors (Lipinski definition) is 3. The predicted octanol–water partition coefficient (Wildman–Crippen LogP) is -0.560. The lowest BCUT2D eigenvalue weighted by Gasteiger charge is -2.01. The molecular weight excluding hydrogens is 220 g/mol. The summed E-state index contributed by atoms with van der Waals surface area (Å²) in [4.78, 5) is 15.3. The number of amides is 1. The number of aromatic nitrogens is 3. The Hall–Kier alpha value is -2.25. The van der Waals surface area contributed by atoms with Gasteiger partial charge in [-0.3, -0.25) is 16.1 Å². The molecule has 0 radical (unpaired) electrons. The fraction of sp³-hybridized carbons (Fsp3) is 0.100. The van der Waals surface area contributed by atoms with Crippen LogP contribution < -0.4 is 16.8 Å². The number of hydrazine groups is 2. The van der Waals surface area contributed by atoms with Crippen molar-refractivity contribution in [1.82, 2.24) is 25.7 Å². The second-order valence-corrected chi connectivity index (χ2v) is 3.32. The number of carbonyl (C=O) groups excluding carboxylic acids is 1. The third-order valence-electron chi connectivity index (χ3n) is 2.09. The average molecular weight is 232 g/mol. The topological polar surface area (TPSA) is 97.9 Å². The third kappa shape index (κ3) is 2.86. The van der Waals surface area contributed by atoms with E-state index in [4.69, 9.17) is 5.84 Å². The van der Waals surface area contributed by atoms with Gasteiger partial charge in [0.25, 0.3) is 5.91 Å². The normalized spacial score (nSPS) is 10.2. The molecule has 7 heteroatoms. The summed E-state index contributed by atoms with van der Waals surface area (Å²) in [6, 6.07) is 9.53. The van der Waals surface area contributed by atoms with Crippen molar-refractivity contribution in [1.29, 1.82) is 0 Å². The number of nitrogens with zero attached hydrogens (tertiary/aromatic N) is 3. The van der Waals surface area contributed by atoms with E-state index >= 15 is 0 Å². The Labute approximate surface area is 97.6 Å². The summed E-state index contributed by atoms with van der Waals surface area (Å²) in [6.45, 7) is 0.0596. The van der Waals surface area contributed by atoms with Crippen LogP contribution in [0.4, 0.5) is 0 Å². The smallest absolute Gasteiger partial charge is 0.256 e. The molecule has 0 bridgehead atoms. The maximum absolute atomic E-state index is 11.2. The number of nitrogens with one attached hydrogen (secondary N) is 2. The van der Waals surface area contributed by atoms with E-state index in [0.29, 0.717) is 5.82 Å². The van der Waals surface area contributed by atoms with E-state index in [1.807, 2.05) is 30.3 Å². The summed E-state index contributed by atoms with van der Waals surface area (Å²) in [7, 11) is 0. The Balaban J connectivity index is 2.09. The van der Waals surface area contributed by atoms with E-state index < -0.39 is 0 Å².